The first kappa shape index (κ1) is 32.5. The van der Waals surface area contributed by atoms with Crippen LogP contribution < -0.4 is 5.73 Å². The minimum absolute atomic E-state index is 0.0275. The van der Waals surface area contributed by atoms with Crippen LogP contribution in [0.3, 0.4) is 0 Å². The highest BCUT2D eigenvalue weighted by molar-refractivity contribution is 4.42. The normalized spacial score (nSPS) is 12.5. The molecule has 0 bridgehead atoms. The third kappa shape index (κ3) is 29.5. The second-order valence-electron chi connectivity index (χ2n) is 6.47. The van der Waals surface area contributed by atoms with Crippen LogP contribution in [-0.2, 0) is 47.4 Å². The molecule has 33 heavy (non-hydrogen) atoms. The predicted octanol–water partition coefficient (Wildman–Crippen LogP) is -0.941. The van der Waals surface area contributed by atoms with E-state index in [-0.39, 0.29) is 6.61 Å². The highest BCUT2D eigenvalue weighted by Gasteiger charge is 1.99. The summed E-state index contributed by atoms with van der Waals surface area (Å²) in [5.74, 6) is 0. The number of rotatable bonds is 29. The number of aliphatic hydroxyl groups is 1. The van der Waals surface area contributed by atoms with Gasteiger partial charge in [0.25, 0.3) is 0 Å². The maximum Gasteiger partial charge on any atom is 0.128 e. The van der Waals surface area contributed by atoms with Crippen LogP contribution in [-0.4, -0.2) is 144 Å². The summed E-state index contributed by atoms with van der Waals surface area (Å²) in [6.07, 6.45) is -0.398. The van der Waals surface area contributed by atoms with Gasteiger partial charge in [-0.05, 0) is 0 Å². The third-order valence-corrected chi connectivity index (χ3v) is 3.80. The molecular formula is C21H45NO11. The standard InChI is InChI=1S/C21H45NO11/c1-24-21(22)20-33-19-18-32-17-16-31-15-14-30-13-12-29-11-10-28-9-8-27-7-6-26-5-4-25-3-2-23/h21,23H,2-20,22H2,1H3. The molecule has 0 aliphatic carbocycles. The lowest BCUT2D eigenvalue weighted by atomic mass is 10.6. The Morgan fingerprint density at radius 2 is 0.697 bits per heavy atom. The van der Waals surface area contributed by atoms with Crippen molar-refractivity contribution in [3.05, 3.63) is 0 Å². The quantitative estimate of drug-likeness (QED) is 0.0994. The van der Waals surface area contributed by atoms with Crippen molar-refractivity contribution in [2.24, 2.45) is 5.73 Å². The molecule has 0 fully saturated rings. The van der Waals surface area contributed by atoms with E-state index in [0.717, 1.165) is 0 Å². The van der Waals surface area contributed by atoms with E-state index in [1.54, 1.807) is 0 Å². The fourth-order valence-electron chi connectivity index (χ4n) is 2.09. The summed E-state index contributed by atoms with van der Waals surface area (Å²) in [5, 5.41) is 8.54. The third-order valence-electron chi connectivity index (χ3n) is 3.80. The van der Waals surface area contributed by atoms with Crippen LogP contribution >= 0.6 is 0 Å². The average molecular weight is 488 g/mol. The minimum Gasteiger partial charge on any atom is -0.394 e. The molecule has 200 valence electrons. The number of hydrogen-bond acceptors (Lipinski definition) is 12. The molecule has 0 aliphatic rings. The van der Waals surface area contributed by atoms with Gasteiger partial charge in [-0.15, -0.1) is 0 Å². The lowest BCUT2D eigenvalue weighted by Gasteiger charge is -2.10. The van der Waals surface area contributed by atoms with Gasteiger partial charge in [-0.3, -0.25) is 0 Å². The molecule has 0 spiro atoms. The molecule has 1 atom stereocenters. The molecular weight excluding hydrogens is 442 g/mol. The molecule has 0 aromatic rings. The minimum atomic E-state index is -0.398. The summed E-state index contributed by atoms with van der Waals surface area (Å²) in [6.45, 7) is 8.73. The van der Waals surface area contributed by atoms with Crippen LogP contribution in [0.2, 0.25) is 0 Å². The SMILES string of the molecule is COC(N)COCCOCCOCCOCCOCCOCCOCCOCCOCCO. The predicted molar refractivity (Wildman–Crippen MR) is 119 cm³/mol. The maximum atomic E-state index is 8.54. The second kappa shape index (κ2) is 29.6. The van der Waals surface area contributed by atoms with Gasteiger partial charge in [-0.25, -0.2) is 0 Å². The van der Waals surface area contributed by atoms with Gasteiger partial charge >= 0.3 is 0 Å². The Hall–Kier alpha value is -0.480. The lowest BCUT2D eigenvalue weighted by molar-refractivity contribution is -0.0309. The van der Waals surface area contributed by atoms with Gasteiger partial charge in [0, 0.05) is 7.11 Å². The molecule has 0 rings (SSSR count). The topological polar surface area (TPSA) is 139 Å². The van der Waals surface area contributed by atoms with Crippen molar-refractivity contribution in [1.29, 1.82) is 0 Å². The van der Waals surface area contributed by atoms with Crippen molar-refractivity contribution < 1.29 is 52.5 Å². The van der Waals surface area contributed by atoms with E-state index in [1.807, 2.05) is 0 Å². The zero-order valence-electron chi connectivity index (χ0n) is 20.1. The van der Waals surface area contributed by atoms with E-state index in [1.165, 1.54) is 7.11 Å². The Labute approximate surface area is 197 Å². The van der Waals surface area contributed by atoms with Crippen LogP contribution in [0, 0.1) is 0 Å². The van der Waals surface area contributed by atoms with Crippen LogP contribution in [0.15, 0.2) is 0 Å². The van der Waals surface area contributed by atoms with Crippen LogP contribution in [0.25, 0.3) is 0 Å². The van der Waals surface area contributed by atoms with Crippen LogP contribution in [0.5, 0.6) is 0 Å². The molecule has 12 heteroatoms. The summed E-state index contributed by atoms with van der Waals surface area (Å²) >= 11 is 0. The Balaban J connectivity index is 3.01. The number of aliphatic hydroxyl groups excluding tert-OH is 1. The van der Waals surface area contributed by atoms with E-state index in [2.05, 4.69) is 0 Å². The molecule has 0 heterocycles. The Kier molecular flexibility index (Phi) is 29.1. The van der Waals surface area contributed by atoms with Crippen molar-refractivity contribution in [3.8, 4) is 0 Å². The van der Waals surface area contributed by atoms with E-state index >= 15 is 0 Å². The first-order chi connectivity index (χ1) is 16.3. The van der Waals surface area contributed by atoms with E-state index in [9.17, 15) is 0 Å². The van der Waals surface area contributed by atoms with Gasteiger partial charge in [0.05, 0.1) is 126 Å². The monoisotopic (exact) mass is 487 g/mol. The van der Waals surface area contributed by atoms with Gasteiger partial charge in [0.1, 0.15) is 6.23 Å². The first-order valence-electron chi connectivity index (χ1n) is 11.4. The average Bonchev–Trinajstić information content (AvgIpc) is 2.83. The van der Waals surface area contributed by atoms with E-state index < -0.39 is 6.23 Å². The summed E-state index contributed by atoms with van der Waals surface area (Å²) in [7, 11) is 1.54. The second-order valence-corrected chi connectivity index (χ2v) is 6.47. The van der Waals surface area contributed by atoms with Crippen molar-refractivity contribution in [2.75, 3.05) is 133 Å². The van der Waals surface area contributed by atoms with Gasteiger partial charge in [0.2, 0.25) is 0 Å². The highest BCUT2D eigenvalue weighted by Crippen LogP contribution is 1.87. The fraction of sp³-hybridized carbons (Fsp3) is 1.00. The van der Waals surface area contributed by atoms with Gasteiger partial charge in [-0.1, -0.05) is 0 Å². The molecule has 1 unspecified atom stereocenters. The lowest BCUT2D eigenvalue weighted by Crippen LogP contribution is -2.28. The molecule has 12 nitrogen and oxygen atoms in total. The Bertz CT molecular complexity index is 356. The number of ether oxygens (including phenoxy) is 10. The van der Waals surface area contributed by atoms with Gasteiger partial charge in [-0.2, -0.15) is 0 Å². The number of nitrogens with two attached hydrogens (primary N) is 1. The first-order valence-corrected chi connectivity index (χ1v) is 11.4. The molecule has 0 aromatic heterocycles. The van der Waals surface area contributed by atoms with Crippen molar-refractivity contribution in [2.45, 2.75) is 6.23 Å². The Morgan fingerprint density at radius 3 is 0.939 bits per heavy atom. The highest BCUT2D eigenvalue weighted by atomic mass is 16.6. The molecule has 0 amide bonds. The van der Waals surface area contributed by atoms with Crippen molar-refractivity contribution >= 4 is 0 Å². The van der Waals surface area contributed by atoms with Crippen LogP contribution in [0.1, 0.15) is 0 Å². The van der Waals surface area contributed by atoms with E-state index in [0.29, 0.717) is 119 Å². The molecule has 0 aromatic carbocycles. The zero-order valence-corrected chi connectivity index (χ0v) is 20.1. The summed E-state index contributed by atoms with van der Waals surface area (Å²) in [4.78, 5) is 0. The maximum absolute atomic E-state index is 8.54. The number of hydrogen-bond donors (Lipinski definition) is 2. The summed E-state index contributed by atoms with van der Waals surface area (Å²) < 4.78 is 52.9. The molecule has 3 N–H and O–H groups in total. The summed E-state index contributed by atoms with van der Waals surface area (Å²) in [5.41, 5.74) is 5.53. The van der Waals surface area contributed by atoms with Crippen molar-refractivity contribution in [3.63, 3.8) is 0 Å². The molecule has 0 aliphatic heterocycles. The number of methoxy groups -OCH3 is 1. The fourth-order valence-corrected chi connectivity index (χ4v) is 2.09. The molecule has 0 saturated heterocycles. The smallest absolute Gasteiger partial charge is 0.128 e. The van der Waals surface area contributed by atoms with Gasteiger partial charge < -0.3 is 58.2 Å². The van der Waals surface area contributed by atoms with E-state index in [4.69, 9.17) is 58.2 Å². The molecule has 0 saturated carbocycles. The Morgan fingerprint density at radius 1 is 0.455 bits per heavy atom. The zero-order chi connectivity index (χ0) is 24.1. The largest absolute Gasteiger partial charge is 0.394 e. The molecule has 0 radical (unpaired) electrons. The van der Waals surface area contributed by atoms with Crippen LogP contribution in [0.4, 0.5) is 0 Å². The summed E-state index contributed by atoms with van der Waals surface area (Å²) in [6, 6.07) is 0. The van der Waals surface area contributed by atoms with Gasteiger partial charge in [0.15, 0.2) is 0 Å². The van der Waals surface area contributed by atoms with Crippen molar-refractivity contribution in [1.82, 2.24) is 0 Å².